The fourth-order valence-electron chi connectivity index (χ4n) is 2.74. The highest BCUT2D eigenvalue weighted by Crippen LogP contribution is 2.11. The van der Waals surface area contributed by atoms with Crippen LogP contribution in [0.25, 0.3) is 23.3 Å². The minimum Gasteiger partial charge on any atom is -0.478 e. The summed E-state index contributed by atoms with van der Waals surface area (Å²) in [5.41, 5.74) is 0.837. The van der Waals surface area contributed by atoms with E-state index in [-0.39, 0.29) is 23.3 Å². The highest BCUT2D eigenvalue weighted by molar-refractivity contribution is 5.88. The number of carbonyl (C=O) groups is 1. The van der Waals surface area contributed by atoms with Crippen molar-refractivity contribution >= 4 is 29.3 Å². The highest BCUT2D eigenvalue weighted by Gasteiger charge is 2.14. The number of benzene rings is 1. The number of imidazole rings is 1. The second-order valence-electron chi connectivity index (χ2n) is 5.66. The fourth-order valence-corrected chi connectivity index (χ4v) is 2.74. The number of aromatic amines is 1. The normalized spacial score (nSPS) is 11.5. The average molecular weight is 354 g/mol. The molecule has 2 heterocycles. The first-order valence-corrected chi connectivity index (χ1v) is 8.21. The zero-order chi connectivity index (χ0) is 18.8. The summed E-state index contributed by atoms with van der Waals surface area (Å²) in [6.45, 7) is 4.25. The van der Waals surface area contributed by atoms with Gasteiger partial charge in [-0.3, -0.25) is 13.9 Å². The minimum atomic E-state index is -0.984. The zero-order valence-corrected chi connectivity index (χ0v) is 14.4. The van der Waals surface area contributed by atoms with Gasteiger partial charge in [0.1, 0.15) is 11.3 Å². The lowest BCUT2D eigenvalue weighted by molar-refractivity contribution is 0.0697. The van der Waals surface area contributed by atoms with E-state index in [1.165, 1.54) is 21.3 Å². The Morgan fingerprint density at radius 1 is 1.12 bits per heavy atom. The molecule has 8 nitrogen and oxygen atoms in total. The molecule has 0 atom stereocenters. The monoisotopic (exact) mass is 354 g/mol. The van der Waals surface area contributed by atoms with E-state index in [1.807, 2.05) is 6.92 Å². The van der Waals surface area contributed by atoms with Gasteiger partial charge in [0.25, 0.3) is 5.56 Å². The summed E-state index contributed by atoms with van der Waals surface area (Å²) in [6, 6.07) is 6.37. The Morgan fingerprint density at radius 3 is 2.35 bits per heavy atom. The summed E-state index contributed by atoms with van der Waals surface area (Å²) in [5.74, 6) is -0.544. The Balaban J connectivity index is 2.04. The quantitative estimate of drug-likeness (QED) is 0.726. The first-order chi connectivity index (χ1) is 12.5. The van der Waals surface area contributed by atoms with E-state index in [4.69, 9.17) is 5.11 Å². The van der Waals surface area contributed by atoms with Crippen LogP contribution in [-0.2, 0) is 13.1 Å². The molecule has 3 aromatic rings. The van der Waals surface area contributed by atoms with Crippen LogP contribution in [0, 0.1) is 0 Å². The van der Waals surface area contributed by atoms with Gasteiger partial charge in [-0.1, -0.05) is 18.2 Å². The molecular formula is C18H18N4O4. The number of aromatic nitrogens is 4. The van der Waals surface area contributed by atoms with Crippen LogP contribution in [0.1, 0.15) is 35.6 Å². The molecule has 2 aromatic heterocycles. The third-order valence-corrected chi connectivity index (χ3v) is 4.10. The summed E-state index contributed by atoms with van der Waals surface area (Å²) >= 11 is 0. The molecule has 1 aromatic carbocycles. The number of H-pyrrole nitrogens is 1. The van der Waals surface area contributed by atoms with Crippen molar-refractivity contribution in [1.82, 2.24) is 19.1 Å². The third-order valence-electron chi connectivity index (χ3n) is 4.10. The van der Waals surface area contributed by atoms with Crippen molar-refractivity contribution in [2.45, 2.75) is 26.9 Å². The molecule has 0 aliphatic heterocycles. The van der Waals surface area contributed by atoms with Gasteiger partial charge in [0.05, 0.1) is 5.56 Å². The number of aromatic carboxylic acids is 1. The van der Waals surface area contributed by atoms with E-state index in [1.54, 1.807) is 31.2 Å². The molecule has 0 amide bonds. The molecule has 0 saturated heterocycles. The van der Waals surface area contributed by atoms with Crippen LogP contribution in [0.3, 0.4) is 0 Å². The Morgan fingerprint density at radius 2 is 1.77 bits per heavy atom. The number of carboxylic acid groups (broad SMARTS) is 1. The predicted octanol–water partition coefficient (Wildman–Crippen LogP) is 1.79. The van der Waals surface area contributed by atoms with Gasteiger partial charge in [-0.25, -0.2) is 14.6 Å². The molecular weight excluding hydrogens is 336 g/mol. The number of carboxylic acids is 1. The van der Waals surface area contributed by atoms with Gasteiger partial charge in [0.15, 0.2) is 5.65 Å². The molecule has 0 aliphatic carbocycles. The van der Waals surface area contributed by atoms with Crippen LogP contribution >= 0.6 is 0 Å². The third kappa shape index (κ3) is 2.97. The molecule has 0 bridgehead atoms. The lowest BCUT2D eigenvalue weighted by atomic mass is 10.1. The zero-order valence-electron chi connectivity index (χ0n) is 14.4. The summed E-state index contributed by atoms with van der Waals surface area (Å²) in [6.07, 6.45) is 3.42. The molecule has 0 fully saturated rings. The summed E-state index contributed by atoms with van der Waals surface area (Å²) < 4.78 is 2.62. The van der Waals surface area contributed by atoms with Crippen LogP contribution in [-0.4, -0.2) is 30.2 Å². The van der Waals surface area contributed by atoms with E-state index in [0.29, 0.717) is 18.0 Å². The van der Waals surface area contributed by atoms with Gasteiger partial charge in [-0.05, 0) is 37.6 Å². The number of rotatable bonds is 5. The second-order valence-corrected chi connectivity index (χ2v) is 5.66. The maximum atomic E-state index is 12.4. The summed E-state index contributed by atoms with van der Waals surface area (Å²) in [7, 11) is 0. The molecule has 3 rings (SSSR count). The maximum Gasteiger partial charge on any atom is 0.335 e. The van der Waals surface area contributed by atoms with Crippen LogP contribution < -0.4 is 11.2 Å². The Bertz CT molecular complexity index is 1120. The average Bonchev–Trinajstić information content (AvgIpc) is 3.05. The molecule has 8 heteroatoms. The Hall–Kier alpha value is -3.42. The summed E-state index contributed by atoms with van der Waals surface area (Å²) in [4.78, 5) is 43.0. The van der Waals surface area contributed by atoms with E-state index in [9.17, 15) is 14.4 Å². The molecule has 0 radical (unpaired) electrons. The van der Waals surface area contributed by atoms with Crippen molar-refractivity contribution in [2.24, 2.45) is 0 Å². The van der Waals surface area contributed by atoms with Crippen molar-refractivity contribution in [2.75, 3.05) is 0 Å². The fraction of sp³-hybridized carbons (Fsp3) is 0.222. The lowest BCUT2D eigenvalue weighted by Gasteiger charge is -2.06. The minimum absolute atomic E-state index is 0.206. The number of hydrogen-bond acceptors (Lipinski definition) is 4. The highest BCUT2D eigenvalue weighted by atomic mass is 16.4. The number of aryl methyl sites for hydroxylation is 1. The maximum absolute atomic E-state index is 12.4. The second kappa shape index (κ2) is 6.83. The molecule has 2 N–H and O–H groups in total. The van der Waals surface area contributed by atoms with Gasteiger partial charge >= 0.3 is 11.7 Å². The van der Waals surface area contributed by atoms with Crippen LogP contribution in [0.4, 0.5) is 0 Å². The molecule has 26 heavy (non-hydrogen) atoms. The van der Waals surface area contributed by atoms with Crippen molar-refractivity contribution in [3.05, 3.63) is 62.1 Å². The Kier molecular flexibility index (Phi) is 4.57. The van der Waals surface area contributed by atoms with Crippen LogP contribution in [0.5, 0.6) is 0 Å². The molecule has 0 spiro atoms. The lowest BCUT2D eigenvalue weighted by Crippen LogP contribution is -2.39. The molecule has 0 aliphatic rings. The summed E-state index contributed by atoms with van der Waals surface area (Å²) in [5, 5.41) is 8.91. The smallest absolute Gasteiger partial charge is 0.335 e. The molecule has 0 saturated carbocycles. The van der Waals surface area contributed by atoms with Crippen molar-refractivity contribution in [1.29, 1.82) is 0 Å². The number of nitrogens with zero attached hydrogens (tertiary/aromatic N) is 3. The first-order valence-electron chi connectivity index (χ1n) is 8.21. The van der Waals surface area contributed by atoms with Gasteiger partial charge in [0, 0.05) is 13.1 Å². The van der Waals surface area contributed by atoms with Gasteiger partial charge in [0.2, 0.25) is 0 Å². The van der Waals surface area contributed by atoms with Crippen LogP contribution in [0.2, 0.25) is 0 Å². The van der Waals surface area contributed by atoms with E-state index >= 15 is 0 Å². The molecule has 134 valence electrons. The first kappa shape index (κ1) is 17.4. The topological polar surface area (TPSA) is 110 Å². The predicted molar refractivity (Wildman–Crippen MR) is 98.3 cm³/mol. The number of fused-ring (bicyclic) bond motifs is 1. The van der Waals surface area contributed by atoms with Crippen LogP contribution in [0.15, 0.2) is 33.9 Å². The standard InChI is InChI=1S/C18H18N4O4/c1-3-21-15-14(16(23)22(4-2)18(21)26)19-13(20-15)10-7-11-5-8-12(9-6-11)17(24)25/h5-10H,3-4H2,1-2H3,(H,19,20)(H,24,25). The van der Waals surface area contributed by atoms with E-state index in [0.717, 1.165) is 5.56 Å². The van der Waals surface area contributed by atoms with Crippen molar-refractivity contribution < 1.29 is 9.90 Å². The van der Waals surface area contributed by atoms with Crippen molar-refractivity contribution in [3.8, 4) is 0 Å². The number of nitrogens with one attached hydrogen (secondary N) is 1. The van der Waals surface area contributed by atoms with E-state index in [2.05, 4.69) is 9.97 Å². The number of hydrogen-bond donors (Lipinski definition) is 2. The van der Waals surface area contributed by atoms with Gasteiger partial charge in [-0.2, -0.15) is 0 Å². The molecule has 0 unspecified atom stereocenters. The van der Waals surface area contributed by atoms with Gasteiger partial charge < -0.3 is 10.1 Å². The largest absolute Gasteiger partial charge is 0.478 e. The Labute approximate surface area is 148 Å². The van der Waals surface area contributed by atoms with Gasteiger partial charge in [-0.15, -0.1) is 0 Å². The van der Waals surface area contributed by atoms with E-state index < -0.39 is 11.5 Å². The van der Waals surface area contributed by atoms with Crippen molar-refractivity contribution in [3.63, 3.8) is 0 Å². The SMILES string of the molecule is CCn1c(=O)c2[nH]c(C=Cc3ccc(C(=O)O)cc3)nc2n(CC)c1=O.